The highest BCUT2D eigenvalue weighted by molar-refractivity contribution is 7.90. The van der Waals surface area contributed by atoms with Crippen molar-refractivity contribution in [3.8, 4) is 5.69 Å². The Morgan fingerprint density at radius 2 is 1.76 bits per heavy atom. The van der Waals surface area contributed by atoms with Crippen molar-refractivity contribution in [2.24, 2.45) is 0 Å². The minimum Gasteiger partial charge on any atom is -0.378 e. The van der Waals surface area contributed by atoms with Gasteiger partial charge in [-0.1, -0.05) is 12.1 Å². The summed E-state index contributed by atoms with van der Waals surface area (Å²) < 4.78 is 25.7. The standard InChI is InChI=1S/C20H22N4O4S/c1-13-11-14(2)23(22-13)18-8-5-16(6-9-18)15(3)21-17-7-10-19(24(25)26)20(12-17)29(4,27)28/h5-12,15,21H,1-4H3. The minimum absolute atomic E-state index is 0.140. The number of nitro groups is 1. The molecule has 1 N–H and O–H groups in total. The molecule has 0 bridgehead atoms. The SMILES string of the molecule is Cc1cc(C)n(-c2ccc(C(C)Nc3ccc([N+](=O)[O-])c(S(C)(=O)=O)c3)cc2)n1. The molecule has 1 heterocycles. The molecule has 3 rings (SSSR count). The predicted octanol–water partition coefficient (Wildman–Crippen LogP) is 3.97. The number of benzene rings is 2. The van der Waals surface area contributed by atoms with E-state index in [1.807, 2.05) is 55.8 Å². The molecule has 1 unspecified atom stereocenters. The number of anilines is 1. The van der Waals surface area contributed by atoms with E-state index in [2.05, 4.69) is 10.4 Å². The van der Waals surface area contributed by atoms with E-state index in [1.54, 1.807) is 0 Å². The summed E-state index contributed by atoms with van der Waals surface area (Å²) in [5, 5.41) is 18.8. The topological polar surface area (TPSA) is 107 Å². The number of sulfone groups is 1. The molecule has 0 saturated heterocycles. The minimum atomic E-state index is -3.73. The van der Waals surface area contributed by atoms with E-state index in [1.165, 1.54) is 18.2 Å². The summed E-state index contributed by atoms with van der Waals surface area (Å²) in [6, 6.07) is 13.7. The van der Waals surface area contributed by atoms with Gasteiger partial charge < -0.3 is 5.32 Å². The van der Waals surface area contributed by atoms with Gasteiger partial charge in [-0.25, -0.2) is 13.1 Å². The molecule has 0 amide bonds. The smallest absolute Gasteiger partial charge is 0.288 e. The summed E-state index contributed by atoms with van der Waals surface area (Å²) in [7, 11) is -3.73. The number of nitrogens with one attached hydrogen (secondary N) is 1. The summed E-state index contributed by atoms with van der Waals surface area (Å²) in [4.78, 5) is 10.1. The first-order chi connectivity index (χ1) is 13.6. The van der Waals surface area contributed by atoms with Gasteiger partial charge in [0.2, 0.25) is 0 Å². The van der Waals surface area contributed by atoms with E-state index >= 15 is 0 Å². The van der Waals surface area contributed by atoms with Gasteiger partial charge >= 0.3 is 0 Å². The van der Waals surface area contributed by atoms with Crippen molar-refractivity contribution in [3.63, 3.8) is 0 Å². The Bertz CT molecular complexity index is 1170. The van der Waals surface area contributed by atoms with Crippen LogP contribution in [0.15, 0.2) is 53.4 Å². The van der Waals surface area contributed by atoms with Crippen LogP contribution in [0.25, 0.3) is 5.69 Å². The van der Waals surface area contributed by atoms with E-state index in [9.17, 15) is 18.5 Å². The lowest BCUT2D eigenvalue weighted by Gasteiger charge is -2.17. The van der Waals surface area contributed by atoms with Crippen molar-refractivity contribution >= 4 is 21.2 Å². The van der Waals surface area contributed by atoms with Crippen LogP contribution in [0.2, 0.25) is 0 Å². The van der Waals surface area contributed by atoms with Crippen molar-refractivity contribution in [1.82, 2.24) is 9.78 Å². The number of hydrogen-bond acceptors (Lipinski definition) is 6. The average molecular weight is 414 g/mol. The first kappa shape index (κ1) is 20.5. The van der Waals surface area contributed by atoms with Gasteiger partial charge in [-0.15, -0.1) is 0 Å². The maximum atomic E-state index is 11.9. The van der Waals surface area contributed by atoms with Gasteiger partial charge in [-0.05, 0) is 56.7 Å². The quantitative estimate of drug-likeness (QED) is 0.483. The molecule has 1 atom stereocenters. The maximum absolute atomic E-state index is 11.9. The molecule has 29 heavy (non-hydrogen) atoms. The summed E-state index contributed by atoms with van der Waals surface area (Å²) in [6.45, 7) is 5.87. The van der Waals surface area contributed by atoms with Crippen LogP contribution in [0.1, 0.15) is 29.9 Å². The third-order valence-electron chi connectivity index (χ3n) is 4.59. The Morgan fingerprint density at radius 1 is 1.10 bits per heavy atom. The first-order valence-corrected chi connectivity index (χ1v) is 10.8. The maximum Gasteiger partial charge on any atom is 0.288 e. The second-order valence-corrected chi connectivity index (χ2v) is 8.99. The highest BCUT2D eigenvalue weighted by atomic mass is 32.2. The molecular formula is C20H22N4O4S. The molecule has 0 radical (unpaired) electrons. The summed E-state index contributed by atoms with van der Waals surface area (Å²) in [5.74, 6) is 0. The lowest BCUT2D eigenvalue weighted by atomic mass is 10.1. The van der Waals surface area contributed by atoms with Crippen molar-refractivity contribution in [2.75, 3.05) is 11.6 Å². The zero-order chi connectivity index (χ0) is 21.3. The Labute approximate surface area is 169 Å². The van der Waals surface area contributed by atoms with Crippen LogP contribution in [0, 0.1) is 24.0 Å². The van der Waals surface area contributed by atoms with Crippen molar-refractivity contribution in [3.05, 3.63) is 75.6 Å². The Hall–Kier alpha value is -3.20. The molecule has 0 aliphatic heterocycles. The van der Waals surface area contributed by atoms with E-state index in [4.69, 9.17) is 0 Å². The highest BCUT2D eigenvalue weighted by Gasteiger charge is 2.22. The van der Waals surface area contributed by atoms with Crippen LogP contribution in [-0.2, 0) is 9.84 Å². The summed E-state index contributed by atoms with van der Waals surface area (Å²) in [6.07, 6.45) is 0.959. The van der Waals surface area contributed by atoms with Gasteiger partial charge in [0.05, 0.1) is 16.3 Å². The van der Waals surface area contributed by atoms with Gasteiger partial charge in [0.15, 0.2) is 9.84 Å². The second kappa shape index (κ2) is 7.67. The third-order valence-corrected chi connectivity index (χ3v) is 5.71. The van der Waals surface area contributed by atoms with Crippen molar-refractivity contribution in [2.45, 2.75) is 31.7 Å². The molecular weight excluding hydrogens is 392 g/mol. The average Bonchev–Trinajstić information content (AvgIpc) is 2.99. The van der Waals surface area contributed by atoms with Gasteiger partial charge in [0, 0.05) is 29.7 Å². The zero-order valence-electron chi connectivity index (χ0n) is 16.6. The number of hydrogen-bond donors (Lipinski definition) is 1. The number of aryl methyl sites for hydroxylation is 2. The largest absolute Gasteiger partial charge is 0.378 e. The van der Waals surface area contributed by atoms with Crippen molar-refractivity contribution < 1.29 is 13.3 Å². The Morgan fingerprint density at radius 3 is 2.28 bits per heavy atom. The van der Waals surface area contributed by atoms with E-state index in [0.717, 1.165) is 28.9 Å². The lowest BCUT2D eigenvalue weighted by Crippen LogP contribution is -2.09. The number of rotatable bonds is 6. The molecule has 0 aliphatic rings. The monoisotopic (exact) mass is 414 g/mol. The van der Waals surface area contributed by atoms with E-state index in [0.29, 0.717) is 5.69 Å². The summed E-state index contributed by atoms with van der Waals surface area (Å²) in [5.41, 5.74) is 3.98. The Kier molecular flexibility index (Phi) is 5.43. The fourth-order valence-electron chi connectivity index (χ4n) is 3.18. The van der Waals surface area contributed by atoms with Crippen LogP contribution in [0.5, 0.6) is 0 Å². The van der Waals surface area contributed by atoms with Gasteiger partial charge in [0.1, 0.15) is 4.90 Å². The summed E-state index contributed by atoms with van der Waals surface area (Å²) >= 11 is 0. The van der Waals surface area contributed by atoms with E-state index < -0.39 is 20.4 Å². The number of nitrogens with zero attached hydrogens (tertiary/aromatic N) is 3. The molecule has 3 aromatic rings. The highest BCUT2D eigenvalue weighted by Crippen LogP contribution is 2.29. The molecule has 0 saturated carbocycles. The predicted molar refractivity (Wildman–Crippen MR) is 111 cm³/mol. The van der Waals surface area contributed by atoms with Gasteiger partial charge in [-0.3, -0.25) is 10.1 Å². The third kappa shape index (κ3) is 4.45. The molecule has 152 valence electrons. The fraction of sp³-hybridized carbons (Fsp3) is 0.250. The molecule has 0 fully saturated rings. The molecule has 9 heteroatoms. The normalized spacial score (nSPS) is 12.6. The van der Waals surface area contributed by atoms with E-state index in [-0.39, 0.29) is 10.9 Å². The van der Waals surface area contributed by atoms with Crippen LogP contribution in [0.4, 0.5) is 11.4 Å². The molecule has 0 aliphatic carbocycles. The Balaban J connectivity index is 1.84. The van der Waals surface area contributed by atoms with Crippen LogP contribution >= 0.6 is 0 Å². The lowest BCUT2D eigenvalue weighted by molar-refractivity contribution is -0.387. The van der Waals surface area contributed by atoms with Crippen LogP contribution in [-0.4, -0.2) is 29.4 Å². The number of nitro benzene ring substituents is 1. The molecule has 2 aromatic carbocycles. The molecule has 8 nitrogen and oxygen atoms in total. The molecule has 0 spiro atoms. The van der Waals surface area contributed by atoms with Crippen LogP contribution in [0.3, 0.4) is 0 Å². The number of aromatic nitrogens is 2. The fourth-order valence-corrected chi connectivity index (χ4v) is 4.04. The molecule has 1 aromatic heterocycles. The van der Waals surface area contributed by atoms with Gasteiger partial charge in [0.25, 0.3) is 5.69 Å². The zero-order valence-corrected chi connectivity index (χ0v) is 17.4. The van der Waals surface area contributed by atoms with Crippen molar-refractivity contribution in [1.29, 1.82) is 0 Å². The van der Waals surface area contributed by atoms with Crippen LogP contribution < -0.4 is 5.32 Å². The first-order valence-electron chi connectivity index (χ1n) is 8.95. The van der Waals surface area contributed by atoms with Gasteiger partial charge in [-0.2, -0.15) is 5.10 Å². The second-order valence-electron chi connectivity index (χ2n) is 7.01.